The Morgan fingerprint density at radius 1 is 1.40 bits per heavy atom. The van der Waals surface area contributed by atoms with Crippen molar-refractivity contribution in [1.29, 1.82) is 0 Å². The van der Waals surface area contributed by atoms with Gasteiger partial charge in [0.25, 0.3) is 0 Å². The molecule has 20 heavy (non-hydrogen) atoms. The maximum atomic E-state index is 11.4. The molecule has 0 radical (unpaired) electrons. The van der Waals surface area contributed by atoms with Crippen molar-refractivity contribution in [3.05, 3.63) is 34.3 Å². The van der Waals surface area contributed by atoms with Crippen LogP contribution in [0.15, 0.2) is 17.1 Å². The Morgan fingerprint density at radius 2 is 2.25 bits per heavy atom. The number of nitrogens with zero attached hydrogens (tertiary/aromatic N) is 5. The van der Waals surface area contributed by atoms with Crippen LogP contribution in [0.5, 0.6) is 0 Å². The normalized spacial score (nSPS) is 20.4. The predicted molar refractivity (Wildman–Crippen MR) is 74.3 cm³/mol. The fourth-order valence-electron chi connectivity index (χ4n) is 2.96. The predicted octanol–water partition coefficient (Wildman–Crippen LogP) is 0.222. The Kier molecular flexibility index (Phi) is 3.43. The summed E-state index contributed by atoms with van der Waals surface area (Å²) < 4.78 is 3.30. The molecule has 0 aliphatic carbocycles. The second kappa shape index (κ2) is 5.24. The van der Waals surface area contributed by atoms with Gasteiger partial charge in [-0.3, -0.25) is 14.6 Å². The first-order valence-corrected chi connectivity index (χ1v) is 6.96. The highest BCUT2D eigenvalue weighted by Crippen LogP contribution is 2.26. The lowest BCUT2D eigenvalue weighted by Gasteiger charge is -2.32. The van der Waals surface area contributed by atoms with Crippen molar-refractivity contribution < 1.29 is 0 Å². The van der Waals surface area contributed by atoms with Crippen molar-refractivity contribution in [2.24, 2.45) is 14.1 Å². The topological polar surface area (TPSA) is 71.7 Å². The summed E-state index contributed by atoms with van der Waals surface area (Å²) in [7, 11) is 3.65. The second-order valence-electron chi connectivity index (χ2n) is 5.45. The third-order valence-corrected chi connectivity index (χ3v) is 3.97. The minimum Gasteiger partial charge on any atom is -0.295 e. The summed E-state index contributed by atoms with van der Waals surface area (Å²) in [6, 6.07) is 2.09. The Hall–Kier alpha value is -1.89. The van der Waals surface area contributed by atoms with Crippen LogP contribution in [-0.4, -0.2) is 42.5 Å². The average molecular weight is 276 g/mol. The van der Waals surface area contributed by atoms with Crippen LogP contribution in [0.4, 0.5) is 0 Å². The van der Waals surface area contributed by atoms with Gasteiger partial charge in [0.15, 0.2) is 0 Å². The number of nitrogens with one attached hydrogen (secondary N) is 1. The molecule has 3 rings (SSSR count). The van der Waals surface area contributed by atoms with E-state index in [1.165, 1.54) is 16.8 Å². The molecule has 1 fully saturated rings. The molecule has 0 bridgehead atoms. The molecule has 1 saturated heterocycles. The Balaban J connectivity index is 1.69. The summed E-state index contributed by atoms with van der Waals surface area (Å²) in [5, 5.41) is 8.45. The highest BCUT2D eigenvalue weighted by atomic mass is 16.1. The van der Waals surface area contributed by atoms with E-state index < -0.39 is 0 Å². The largest absolute Gasteiger partial charge is 0.343 e. The molecule has 0 spiro atoms. The number of rotatable bonds is 3. The summed E-state index contributed by atoms with van der Waals surface area (Å²) in [5.74, 6) is 1.25. The molecule has 0 aromatic carbocycles. The number of piperidine rings is 1. The van der Waals surface area contributed by atoms with Gasteiger partial charge >= 0.3 is 5.69 Å². The number of hydrogen-bond acceptors (Lipinski definition) is 4. The monoisotopic (exact) mass is 276 g/mol. The molecule has 0 amide bonds. The van der Waals surface area contributed by atoms with E-state index in [0.29, 0.717) is 12.5 Å². The first kappa shape index (κ1) is 13.1. The van der Waals surface area contributed by atoms with Crippen LogP contribution in [-0.2, 0) is 20.6 Å². The van der Waals surface area contributed by atoms with Gasteiger partial charge in [0.1, 0.15) is 5.82 Å². The number of aryl methyl sites for hydroxylation is 2. The van der Waals surface area contributed by atoms with Crippen molar-refractivity contribution in [3.8, 4) is 0 Å². The van der Waals surface area contributed by atoms with Gasteiger partial charge in [0.05, 0.1) is 6.54 Å². The van der Waals surface area contributed by atoms with Crippen molar-refractivity contribution >= 4 is 0 Å². The Labute approximate surface area is 117 Å². The zero-order valence-electron chi connectivity index (χ0n) is 11.9. The Bertz CT molecular complexity index is 639. The molecule has 1 unspecified atom stereocenters. The maximum Gasteiger partial charge on any atom is 0.343 e. The summed E-state index contributed by atoms with van der Waals surface area (Å²) >= 11 is 0. The van der Waals surface area contributed by atoms with Crippen molar-refractivity contribution in [3.63, 3.8) is 0 Å². The van der Waals surface area contributed by atoms with E-state index in [2.05, 4.69) is 26.1 Å². The molecule has 7 heteroatoms. The molecular weight excluding hydrogens is 256 g/mol. The minimum absolute atomic E-state index is 0.153. The van der Waals surface area contributed by atoms with Gasteiger partial charge < -0.3 is 0 Å². The number of H-pyrrole nitrogens is 1. The van der Waals surface area contributed by atoms with Gasteiger partial charge in [0.2, 0.25) is 0 Å². The zero-order valence-corrected chi connectivity index (χ0v) is 11.9. The van der Waals surface area contributed by atoms with Crippen molar-refractivity contribution in [2.45, 2.75) is 25.3 Å². The molecule has 2 aromatic heterocycles. The standard InChI is InChI=1S/C13H20N6O/c1-17-11(5-6-14-17)10-4-3-7-19(8-10)9-12-15-13(20)18(2)16-12/h5-6,10H,3-4,7-9H2,1-2H3,(H,15,16,20). The third-order valence-electron chi connectivity index (χ3n) is 3.97. The van der Waals surface area contributed by atoms with E-state index in [1.54, 1.807) is 7.05 Å². The number of likely N-dealkylation sites (tertiary alicyclic amines) is 1. The fourth-order valence-corrected chi connectivity index (χ4v) is 2.96. The van der Waals surface area contributed by atoms with Gasteiger partial charge in [0, 0.05) is 38.4 Å². The maximum absolute atomic E-state index is 11.4. The molecule has 2 aromatic rings. The summed E-state index contributed by atoms with van der Waals surface area (Å²) in [4.78, 5) is 16.5. The lowest BCUT2D eigenvalue weighted by molar-refractivity contribution is 0.192. The molecule has 7 nitrogen and oxygen atoms in total. The smallest absolute Gasteiger partial charge is 0.295 e. The van der Waals surface area contributed by atoms with Crippen LogP contribution in [0.1, 0.15) is 30.3 Å². The highest BCUT2D eigenvalue weighted by molar-refractivity contribution is 5.09. The number of aromatic amines is 1. The van der Waals surface area contributed by atoms with Gasteiger partial charge in [-0.25, -0.2) is 9.48 Å². The molecule has 1 atom stereocenters. The van der Waals surface area contributed by atoms with E-state index in [-0.39, 0.29) is 5.69 Å². The van der Waals surface area contributed by atoms with Gasteiger partial charge in [-0.15, -0.1) is 0 Å². The Morgan fingerprint density at radius 3 is 2.90 bits per heavy atom. The molecule has 1 aliphatic heterocycles. The van der Waals surface area contributed by atoms with E-state index in [0.717, 1.165) is 25.3 Å². The number of aromatic nitrogens is 5. The van der Waals surface area contributed by atoms with Gasteiger partial charge in [-0.2, -0.15) is 10.2 Å². The zero-order chi connectivity index (χ0) is 14.1. The van der Waals surface area contributed by atoms with Crippen LogP contribution in [0.3, 0.4) is 0 Å². The number of hydrogen-bond donors (Lipinski definition) is 1. The first-order valence-electron chi connectivity index (χ1n) is 6.96. The van der Waals surface area contributed by atoms with E-state index in [9.17, 15) is 4.79 Å². The minimum atomic E-state index is -0.153. The van der Waals surface area contributed by atoms with Crippen LogP contribution in [0, 0.1) is 0 Å². The van der Waals surface area contributed by atoms with Crippen LogP contribution >= 0.6 is 0 Å². The van der Waals surface area contributed by atoms with E-state index in [4.69, 9.17) is 0 Å². The van der Waals surface area contributed by atoms with E-state index >= 15 is 0 Å². The first-order chi connectivity index (χ1) is 9.63. The SMILES string of the molecule is Cn1nccc1C1CCCN(Cc2nn(C)c(=O)[nH]2)C1. The summed E-state index contributed by atoms with van der Waals surface area (Å²) in [5.41, 5.74) is 1.13. The second-order valence-corrected chi connectivity index (χ2v) is 5.45. The van der Waals surface area contributed by atoms with Gasteiger partial charge in [-0.05, 0) is 25.5 Å². The quantitative estimate of drug-likeness (QED) is 0.870. The van der Waals surface area contributed by atoms with Crippen molar-refractivity contribution in [1.82, 2.24) is 29.4 Å². The lowest BCUT2D eigenvalue weighted by atomic mass is 9.95. The van der Waals surface area contributed by atoms with E-state index in [1.807, 2.05) is 17.9 Å². The van der Waals surface area contributed by atoms with Crippen LogP contribution in [0.2, 0.25) is 0 Å². The molecule has 1 N–H and O–H groups in total. The lowest BCUT2D eigenvalue weighted by Crippen LogP contribution is -2.35. The molecule has 1 aliphatic rings. The summed E-state index contributed by atoms with van der Waals surface area (Å²) in [6.45, 7) is 2.73. The molecule has 108 valence electrons. The molecule has 3 heterocycles. The highest BCUT2D eigenvalue weighted by Gasteiger charge is 2.24. The van der Waals surface area contributed by atoms with Crippen LogP contribution in [0.25, 0.3) is 0 Å². The van der Waals surface area contributed by atoms with Crippen molar-refractivity contribution in [2.75, 3.05) is 13.1 Å². The van der Waals surface area contributed by atoms with Gasteiger partial charge in [-0.1, -0.05) is 0 Å². The third kappa shape index (κ3) is 2.53. The molecular formula is C13H20N6O. The molecule has 0 saturated carbocycles. The summed E-state index contributed by atoms with van der Waals surface area (Å²) in [6.07, 6.45) is 4.20. The average Bonchev–Trinajstić information content (AvgIpc) is 2.97. The van der Waals surface area contributed by atoms with Crippen LogP contribution < -0.4 is 5.69 Å². The fraction of sp³-hybridized carbons (Fsp3) is 0.615.